The predicted octanol–water partition coefficient (Wildman–Crippen LogP) is 0.746. The molecule has 0 aliphatic carbocycles. The summed E-state index contributed by atoms with van der Waals surface area (Å²) in [7, 11) is 0. The zero-order valence-electron chi connectivity index (χ0n) is 12.7. The van der Waals surface area contributed by atoms with Gasteiger partial charge in [-0.3, -0.25) is 9.69 Å². The second-order valence-electron chi connectivity index (χ2n) is 5.98. The average Bonchev–Trinajstić information content (AvgIpc) is 2.93. The Morgan fingerprint density at radius 2 is 2.15 bits per heavy atom. The van der Waals surface area contributed by atoms with Crippen molar-refractivity contribution in [3.8, 4) is 0 Å². The van der Waals surface area contributed by atoms with Crippen LogP contribution in [0.15, 0.2) is 0 Å². The number of carbonyl (C=O) groups excluding carboxylic acids is 1. The summed E-state index contributed by atoms with van der Waals surface area (Å²) in [6, 6.07) is 0.877. The Morgan fingerprint density at radius 1 is 1.35 bits per heavy atom. The summed E-state index contributed by atoms with van der Waals surface area (Å²) in [5.74, 6) is 0.170. The van der Waals surface area contributed by atoms with Gasteiger partial charge in [0.2, 0.25) is 5.91 Å². The molecule has 0 saturated carbocycles. The summed E-state index contributed by atoms with van der Waals surface area (Å²) >= 11 is 0. The van der Waals surface area contributed by atoms with Gasteiger partial charge in [-0.25, -0.2) is 0 Å². The van der Waals surface area contributed by atoms with E-state index in [1.165, 1.54) is 12.8 Å². The topological polar surface area (TPSA) is 53.6 Å². The summed E-state index contributed by atoms with van der Waals surface area (Å²) < 4.78 is 5.32. The van der Waals surface area contributed by atoms with Crippen LogP contribution >= 0.6 is 0 Å². The minimum atomic E-state index is 0.170. The van der Waals surface area contributed by atoms with E-state index in [4.69, 9.17) is 4.74 Å². The van der Waals surface area contributed by atoms with Crippen LogP contribution in [0, 0.1) is 0 Å². The van der Waals surface area contributed by atoms with Crippen LogP contribution in [0.25, 0.3) is 0 Å². The Morgan fingerprint density at radius 3 is 2.80 bits per heavy atom. The van der Waals surface area contributed by atoms with Crippen molar-refractivity contribution in [2.24, 2.45) is 0 Å². The zero-order chi connectivity index (χ0) is 14.2. The number of hydrogen-bond acceptors (Lipinski definition) is 4. The summed E-state index contributed by atoms with van der Waals surface area (Å²) in [6.45, 7) is 7.37. The molecule has 0 aromatic heterocycles. The van der Waals surface area contributed by atoms with Crippen LogP contribution in [0.5, 0.6) is 0 Å². The highest BCUT2D eigenvalue weighted by Gasteiger charge is 2.21. The average molecular weight is 283 g/mol. The molecule has 116 valence electrons. The molecule has 0 aromatic carbocycles. The number of nitrogens with zero attached hydrogens (tertiary/aromatic N) is 1. The third-order valence-electron chi connectivity index (χ3n) is 4.13. The Bertz CT molecular complexity index is 287. The van der Waals surface area contributed by atoms with Gasteiger partial charge >= 0.3 is 0 Å². The van der Waals surface area contributed by atoms with E-state index in [0.717, 1.165) is 52.1 Å². The first-order valence-corrected chi connectivity index (χ1v) is 8.10. The van der Waals surface area contributed by atoms with Gasteiger partial charge in [0.05, 0.1) is 6.54 Å². The Labute approximate surface area is 122 Å². The van der Waals surface area contributed by atoms with Gasteiger partial charge in [-0.1, -0.05) is 6.92 Å². The molecule has 2 aliphatic rings. The van der Waals surface area contributed by atoms with Crippen LogP contribution in [0.2, 0.25) is 0 Å². The molecule has 1 unspecified atom stereocenters. The molecule has 1 amide bonds. The quantitative estimate of drug-likeness (QED) is 0.724. The van der Waals surface area contributed by atoms with Crippen molar-refractivity contribution in [1.82, 2.24) is 15.5 Å². The van der Waals surface area contributed by atoms with Crippen molar-refractivity contribution in [3.63, 3.8) is 0 Å². The highest BCUT2D eigenvalue weighted by Crippen LogP contribution is 2.08. The minimum Gasteiger partial charge on any atom is -0.381 e. The SMILES string of the molecule is CCCN(CC(=O)NC1CCOCC1)CC1CCCN1. The first kappa shape index (κ1) is 15.7. The van der Waals surface area contributed by atoms with Crippen LogP contribution in [-0.2, 0) is 9.53 Å². The number of hydrogen-bond donors (Lipinski definition) is 2. The molecule has 0 bridgehead atoms. The zero-order valence-corrected chi connectivity index (χ0v) is 12.7. The summed E-state index contributed by atoms with van der Waals surface area (Å²) in [5, 5.41) is 6.66. The van der Waals surface area contributed by atoms with Crippen molar-refractivity contribution in [1.29, 1.82) is 0 Å². The Kier molecular flexibility index (Phi) is 6.76. The van der Waals surface area contributed by atoms with Gasteiger partial charge in [-0.15, -0.1) is 0 Å². The Balaban J connectivity index is 1.72. The molecule has 5 nitrogen and oxygen atoms in total. The molecular weight excluding hydrogens is 254 g/mol. The highest BCUT2D eigenvalue weighted by atomic mass is 16.5. The van der Waals surface area contributed by atoms with Crippen LogP contribution in [0.1, 0.15) is 39.0 Å². The fourth-order valence-electron chi connectivity index (χ4n) is 3.09. The van der Waals surface area contributed by atoms with Crippen LogP contribution in [-0.4, -0.2) is 62.3 Å². The van der Waals surface area contributed by atoms with Crippen molar-refractivity contribution >= 4 is 5.91 Å². The monoisotopic (exact) mass is 283 g/mol. The number of rotatable bonds is 7. The maximum Gasteiger partial charge on any atom is 0.234 e. The molecule has 0 aromatic rings. The van der Waals surface area contributed by atoms with Crippen LogP contribution in [0.4, 0.5) is 0 Å². The smallest absolute Gasteiger partial charge is 0.234 e. The molecule has 0 radical (unpaired) electrons. The predicted molar refractivity (Wildman–Crippen MR) is 79.7 cm³/mol. The summed E-state index contributed by atoms with van der Waals surface area (Å²) in [4.78, 5) is 14.4. The van der Waals surface area contributed by atoms with Gasteiger partial charge in [-0.05, 0) is 45.2 Å². The Hall–Kier alpha value is -0.650. The second kappa shape index (κ2) is 8.60. The number of ether oxygens (including phenoxy) is 1. The van der Waals surface area contributed by atoms with Gasteiger partial charge in [0.25, 0.3) is 0 Å². The number of nitrogens with one attached hydrogen (secondary N) is 2. The van der Waals surface area contributed by atoms with E-state index >= 15 is 0 Å². The van der Waals surface area contributed by atoms with Gasteiger partial charge < -0.3 is 15.4 Å². The molecule has 1 atom stereocenters. The first-order valence-electron chi connectivity index (χ1n) is 8.10. The molecule has 2 saturated heterocycles. The van der Waals surface area contributed by atoms with E-state index in [0.29, 0.717) is 18.6 Å². The molecule has 2 heterocycles. The lowest BCUT2D eigenvalue weighted by Crippen LogP contribution is -2.47. The minimum absolute atomic E-state index is 0.170. The summed E-state index contributed by atoms with van der Waals surface area (Å²) in [5.41, 5.74) is 0. The third-order valence-corrected chi connectivity index (χ3v) is 4.13. The van der Waals surface area contributed by atoms with Crippen LogP contribution < -0.4 is 10.6 Å². The van der Waals surface area contributed by atoms with E-state index in [2.05, 4.69) is 22.5 Å². The standard InChI is InChI=1S/C15H29N3O2/c1-2-8-18(11-14-4-3-7-16-14)12-15(19)17-13-5-9-20-10-6-13/h13-14,16H,2-12H2,1H3,(H,17,19). The van der Waals surface area contributed by atoms with Crippen molar-refractivity contribution in [2.45, 2.75) is 51.1 Å². The highest BCUT2D eigenvalue weighted by molar-refractivity contribution is 5.78. The van der Waals surface area contributed by atoms with Crippen molar-refractivity contribution in [2.75, 3.05) is 39.4 Å². The largest absolute Gasteiger partial charge is 0.381 e. The first-order chi connectivity index (χ1) is 9.78. The third kappa shape index (κ3) is 5.38. The maximum atomic E-state index is 12.2. The normalized spacial score (nSPS) is 24.2. The number of carbonyl (C=O) groups is 1. The molecule has 20 heavy (non-hydrogen) atoms. The molecule has 5 heteroatoms. The molecular formula is C15H29N3O2. The lowest BCUT2D eigenvalue weighted by molar-refractivity contribution is -0.123. The van der Waals surface area contributed by atoms with E-state index in [1.807, 2.05) is 0 Å². The van der Waals surface area contributed by atoms with Gasteiger partial charge in [0.15, 0.2) is 0 Å². The van der Waals surface area contributed by atoms with Crippen molar-refractivity contribution < 1.29 is 9.53 Å². The lowest BCUT2D eigenvalue weighted by atomic mass is 10.1. The molecule has 2 rings (SSSR count). The van der Waals surface area contributed by atoms with E-state index in [9.17, 15) is 4.79 Å². The van der Waals surface area contributed by atoms with Gasteiger partial charge in [-0.2, -0.15) is 0 Å². The lowest BCUT2D eigenvalue weighted by Gasteiger charge is -2.27. The fourth-order valence-corrected chi connectivity index (χ4v) is 3.09. The second-order valence-corrected chi connectivity index (χ2v) is 5.98. The van der Waals surface area contributed by atoms with Gasteiger partial charge in [0.1, 0.15) is 0 Å². The van der Waals surface area contributed by atoms with Crippen molar-refractivity contribution in [3.05, 3.63) is 0 Å². The summed E-state index contributed by atoms with van der Waals surface area (Å²) in [6.07, 6.45) is 5.49. The van der Waals surface area contributed by atoms with E-state index in [1.54, 1.807) is 0 Å². The maximum absolute atomic E-state index is 12.2. The fraction of sp³-hybridized carbons (Fsp3) is 0.933. The molecule has 2 fully saturated rings. The molecule has 2 aliphatic heterocycles. The molecule has 0 spiro atoms. The van der Waals surface area contributed by atoms with Crippen LogP contribution in [0.3, 0.4) is 0 Å². The van der Waals surface area contributed by atoms with E-state index < -0.39 is 0 Å². The molecule has 2 N–H and O–H groups in total. The van der Waals surface area contributed by atoms with Gasteiger partial charge in [0, 0.05) is 31.8 Å². The number of amides is 1. The van der Waals surface area contributed by atoms with E-state index in [-0.39, 0.29) is 5.91 Å².